The highest BCUT2D eigenvalue weighted by Crippen LogP contribution is 2.34. The summed E-state index contributed by atoms with van der Waals surface area (Å²) in [5, 5.41) is 22.0. The molecule has 2 aromatic rings. The Morgan fingerprint density at radius 3 is 2.46 bits per heavy atom. The molecule has 0 saturated carbocycles. The molecule has 0 spiro atoms. The average molecular weight is 178 g/mol. The second-order valence-corrected chi connectivity index (χ2v) is 2.60. The lowest BCUT2D eigenvalue weighted by Gasteiger charge is -1.91. The summed E-state index contributed by atoms with van der Waals surface area (Å²) < 4.78 is 0.373. The van der Waals surface area contributed by atoms with Crippen molar-refractivity contribution in [3.63, 3.8) is 0 Å². The molecular weight excluding hydrogens is 172 g/mol. The molecule has 0 bridgehead atoms. The van der Waals surface area contributed by atoms with E-state index in [4.69, 9.17) is 0 Å². The zero-order chi connectivity index (χ0) is 9.42. The lowest BCUT2D eigenvalue weighted by Crippen LogP contribution is -1.85. The van der Waals surface area contributed by atoms with E-state index in [1.54, 1.807) is 24.3 Å². The molecule has 5 heteroatoms. The molecule has 13 heavy (non-hydrogen) atoms. The molecule has 0 amide bonds. The molecule has 0 aliphatic rings. The third-order valence-electron chi connectivity index (χ3n) is 1.90. The molecule has 0 saturated heterocycles. The van der Waals surface area contributed by atoms with Gasteiger partial charge in [0.2, 0.25) is 11.7 Å². The van der Waals surface area contributed by atoms with Crippen LogP contribution in [-0.2, 0) is 0 Å². The third kappa shape index (κ3) is 0.868. The average Bonchev–Trinajstić information content (AvgIpc) is 2.41. The van der Waals surface area contributed by atoms with E-state index in [0.29, 0.717) is 15.5 Å². The van der Waals surface area contributed by atoms with Gasteiger partial charge in [0.1, 0.15) is 0 Å². The Morgan fingerprint density at radius 2 is 1.85 bits per heavy atom. The molecule has 1 aromatic heterocycles. The molecule has 2 N–H and O–H groups in total. The first-order chi connectivity index (χ1) is 6.25. The van der Waals surface area contributed by atoms with Gasteiger partial charge in [-0.05, 0) is 11.2 Å². The van der Waals surface area contributed by atoms with Crippen LogP contribution in [0.2, 0.25) is 0 Å². The Kier molecular flexibility index (Phi) is 1.45. The van der Waals surface area contributed by atoms with Crippen LogP contribution in [-0.4, -0.2) is 15.0 Å². The first kappa shape index (κ1) is 7.60. The van der Waals surface area contributed by atoms with Crippen molar-refractivity contribution in [2.45, 2.75) is 0 Å². The first-order valence-electron chi connectivity index (χ1n) is 3.60. The molecule has 1 aromatic carbocycles. The molecule has 0 aliphatic heterocycles. The van der Waals surface area contributed by atoms with Crippen LogP contribution in [0.3, 0.4) is 0 Å². The largest absolute Gasteiger partial charge is 0.492 e. The maximum Gasteiger partial charge on any atom is 0.235 e. The molecule has 0 fully saturated rings. The first-order valence-corrected chi connectivity index (χ1v) is 3.60. The summed E-state index contributed by atoms with van der Waals surface area (Å²) in [6.07, 6.45) is 0. The van der Waals surface area contributed by atoms with Crippen LogP contribution in [0.15, 0.2) is 29.4 Å². The number of rotatable bonds is 1. The summed E-state index contributed by atoms with van der Waals surface area (Å²) in [4.78, 5) is 10.3. The Balaban J connectivity index is 2.98. The van der Waals surface area contributed by atoms with E-state index in [1.165, 1.54) is 0 Å². The molecular formula is C8H6N2O3. The van der Waals surface area contributed by atoms with Gasteiger partial charge in [-0.15, -0.1) is 9.64 Å². The van der Waals surface area contributed by atoms with E-state index in [-0.39, 0.29) is 11.7 Å². The summed E-state index contributed by atoms with van der Waals surface area (Å²) in [5.41, 5.74) is 0. The van der Waals surface area contributed by atoms with Crippen molar-refractivity contribution in [2.75, 3.05) is 0 Å². The van der Waals surface area contributed by atoms with E-state index in [2.05, 4.69) is 5.18 Å². The van der Waals surface area contributed by atoms with Gasteiger partial charge in [0.15, 0.2) is 0 Å². The molecule has 5 nitrogen and oxygen atoms in total. The van der Waals surface area contributed by atoms with E-state index in [9.17, 15) is 15.2 Å². The number of benzene rings is 1. The lowest BCUT2D eigenvalue weighted by molar-refractivity contribution is 0.162. The lowest BCUT2D eigenvalue weighted by atomic mass is 10.2. The highest BCUT2D eigenvalue weighted by molar-refractivity contribution is 5.96. The van der Waals surface area contributed by atoms with Gasteiger partial charge >= 0.3 is 0 Å². The molecule has 0 radical (unpaired) electrons. The highest BCUT2D eigenvalue weighted by atomic mass is 16.5. The van der Waals surface area contributed by atoms with Crippen LogP contribution in [0.5, 0.6) is 5.88 Å². The van der Waals surface area contributed by atoms with Crippen LogP contribution in [0, 0.1) is 4.91 Å². The maximum absolute atomic E-state index is 10.3. The Bertz CT molecular complexity index is 475. The molecule has 0 unspecified atom stereocenters. The summed E-state index contributed by atoms with van der Waals surface area (Å²) >= 11 is 0. The second-order valence-electron chi connectivity index (χ2n) is 2.60. The Hall–Kier alpha value is -2.04. The minimum absolute atomic E-state index is 0.187. The van der Waals surface area contributed by atoms with Crippen molar-refractivity contribution < 1.29 is 10.3 Å². The second kappa shape index (κ2) is 2.48. The molecule has 1 heterocycles. The van der Waals surface area contributed by atoms with Crippen LogP contribution >= 0.6 is 0 Å². The minimum Gasteiger partial charge on any atom is -0.492 e. The zero-order valence-electron chi connectivity index (χ0n) is 6.51. The number of hydrogen-bond acceptors (Lipinski definition) is 4. The van der Waals surface area contributed by atoms with Crippen LogP contribution < -0.4 is 0 Å². The minimum atomic E-state index is -0.370. The molecule has 0 atom stereocenters. The van der Waals surface area contributed by atoms with Crippen molar-refractivity contribution >= 4 is 16.6 Å². The van der Waals surface area contributed by atoms with Crippen molar-refractivity contribution in [2.24, 2.45) is 5.18 Å². The Morgan fingerprint density at radius 1 is 1.23 bits per heavy atom. The van der Waals surface area contributed by atoms with Gasteiger partial charge in [-0.2, -0.15) is 0 Å². The standard InChI is InChI=1S/C8H6N2O3/c11-8-6-4-2-1-3-5(6)7(9-12)10(8)13/h1-4,11,13H. The molecule has 0 aliphatic carbocycles. The monoisotopic (exact) mass is 178 g/mol. The fraction of sp³-hybridized carbons (Fsp3) is 0. The summed E-state index contributed by atoms with van der Waals surface area (Å²) in [6.45, 7) is 0. The van der Waals surface area contributed by atoms with E-state index in [1.807, 2.05) is 0 Å². The smallest absolute Gasteiger partial charge is 0.235 e. The third-order valence-corrected chi connectivity index (χ3v) is 1.90. The predicted molar refractivity (Wildman–Crippen MR) is 46.2 cm³/mol. The van der Waals surface area contributed by atoms with Gasteiger partial charge in [0.25, 0.3) is 0 Å². The number of nitroso groups, excluding NO2 is 1. The van der Waals surface area contributed by atoms with Crippen molar-refractivity contribution in [1.82, 2.24) is 4.73 Å². The quantitative estimate of drug-likeness (QED) is 0.517. The normalized spacial score (nSPS) is 10.5. The molecule has 2 rings (SSSR count). The summed E-state index contributed by atoms with van der Waals surface area (Å²) in [7, 11) is 0. The van der Waals surface area contributed by atoms with Crippen molar-refractivity contribution in [1.29, 1.82) is 0 Å². The van der Waals surface area contributed by atoms with Gasteiger partial charge in [-0.3, -0.25) is 0 Å². The van der Waals surface area contributed by atoms with E-state index in [0.717, 1.165) is 0 Å². The number of nitrogens with zero attached hydrogens (tertiary/aromatic N) is 2. The fourth-order valence-corrected chi connectivity index (χ4v) is 1.29. The van der Waals surface area contributed by atoms with Crippen molar-refractivity contribution in [3.8, 4) is 5.88 Å². The van der Waals surface area contributed by atoms with Crippen LogP contribution in [0.25, 0.3) is 10.8 Å². The number of hydrogen-bond donors (Lipinski definition) is 2. The van der Waals surface area contributed by atoms with Gasteiger partial charge in [-0.1, -0.05) is 18.2 Å². The van der Waals surface area contributed by atoms with Gasteiger partial charge in [-0.25, -0.2) is 0 Å². The molecule has 66 valence electrons. The Labute approximate surface area is 72.8 Å². The van der Waals surface area contributed by atoms with E-state index < -0.39 is 0 Å². The topological polar surface area (TPSA) is 74.8 Å². The summed E-state index contributed by atoms with van der Waals surface area (Å²) in [5.74, 6) is -0.557. The van der Waals surface area contributed by atoms with Gasteiger partial charge in [0.05, 0.1) is 0 Å². The number of aromatic nitrogens is 1. The van der Waals surface area contributed by atoms with Crippen LogP contribution in [0.4, 0.5) is 5.82 Å². The van der Waals surface area contributed by atoms with Gasteiger partial charge < -0.3 is 10.3 Å². The SMILES string of the molecule is O=Nc1c2ccccc2c(O)n1O. The van der Waals surface area contributed by atoms with E-state index >= 15 is 0 Å². The van der Waals surface area contributed by atoms with Crippen LogP contribution in [0.1, 0.15) is 0 Å². The summed E-state index contributed by atoms with van der Waals surface area (Å²) in [6, 6.07) is 6.57. The predicted octanol–water partition coefficient (Wildman–Crippen LogP) is 1.98. The fourth-order valence-electron chi connectivity index (χ4n) is 1.29. The highest BCUT2D eigenvalue weighted by Gasteiger charge is 2.15. The number of aromatic hydroxyl groups is 1. The van der Waals surface area contributed by atoms with Crippen molar-refractivity contribution in [3.05, 3.63) is 29.2 Å². The van der Waals surface area contributed by atoms with Gasteiger partial charge in [0, 0.05) is 10.8 Å². The number of fused-ring (bicyclic) bond motifs is 1. The zero-order valence-corrected chi connectivity index (χ0v) is 6.51. The maximum atomic E-state index is 10.3.